The maximum atomic E-state index is 13.7. The molecule has 0 aliphatic heterocycles. The van der Waals surface area contributed by atoms with Crippen molar-refractivity contribution in [2.45, 2.75) is 94.7 Å². The molecule has 0 aromatic heterocycles. The summed E-state index contributed by atoms with van der Waals surface area (Å²) in [7, 11) is 0.540. The Kier molecular flexibility index (Phi) is 9.82. The van der Waals surface area contributed by atoms with Gasteiger partial charge >= 0.3 is 5.97 Å². The molecule has 3 aliphatic carbocycles. The van der Waals surface area contributed by atoms with Gasteiger partial charge in [0.25, 0.3) is 10.0 Å². The van der Waals surface area contributed by atoms with Crippen molar-refractivity contribution in [1.82, 2.24) is 0 Å². The summed E-state index contributed by atoms with van der Waals surface area (Å²) in [6.07, 6.45) is 0.863. The van der Waals surface area contributed by atoms with E-state index in [4.69, 9.17) is 18.9 Å². The molecule has 10 atom stereocenters. The van der Waals surface area contributed by atoms with Gasteiger partial charge in [-0.25, -0.2) is 13.2 Å². The van der Waals surface area contributed by atoms with E-state index < -0.39 is 39.4 Å². The topological polar surface area (TPSA) is 141 Å². The molecule has 2 bridgehead atoms. The van der Waals surface area contributed by atoms with E-state index >= 15 is 0 Å². The van der Waals surface area contributed by atoms with Crippen molar-refractivity contribution in [2.24, 2.45) is 35.0 Å². The van der Waals surface area contributed by atoms with Crippen LogP contribution in [0.4, 0.5) is 5.69 Å². The minimum Gasteiger partial charge on any atom is -0.495 e. The second-order valence-electron chi connectivity index (χ2n) is 14.4. The number of benzene rings is 2. The van der Waals surface area contributed by atoms with E-state index in [0.717, 1.165) is 6.42 Å². The summed E-state index contributed by atoms with van der Waals surface area (Å²) in [5.74, 6) is -1.17. The number of sulfonamides is 1. The van der Waals surface area contributed by atoms with E-state index in [1.54, 1.807) is 44.6 Å². The molecule has 47 heavy (non-hydrogen) atoms. The van der Waals surface area contributed by atoms with Gasteiger partial charge in [-0.1, -0.05) is 58.4 Å². The predicted octanol–water partition coefficient (Wildman–Crippen LogP) is 5.28. The summed E-state index contributed by atoms with van der Waals surface area (Å²) in [6.45, 7) is 10.2. The molecule has 2 aromatic rings. The molecular formula is C36H51NO9S. The van der Waals surface area contributed by atoms with E-state index in [0.29, 0.717) is 19.3 Å². The molecule has 11 heteroatoms. The van der Waals surface area contributed by atoms with Gasteiger partial charge in [-0.05, 0) is 67.2 Å². The van der Waals surface area contributed by atoms with Crippen molar-refractivity contribution in [2.75, 3.05) is 26.1 Å². The Morgan fingerprint density at radius 1 is 1.02 bits per heavy atom. The van der Waals surface area contributed by atoms with Crippen LogP contribution in [0.1, 0.15) is 70.7 Å². The monoisotopic (exact) mass is 673 g/mol. The summed E-state index contributed by atoms with van der Waals surface area (Å²) < 4.78 is 52.4. The third kappa shape index (κ3) is 5.65. The molecule has 0 radical (unpaired) electrons. The molecule has 260 valence electrons. The highest BCUT2D eigenvalue weighted by Crippen LogP contribution is 2.65. The van der Waals surface area contributed by atoms with Crippen molar-refractivity contribution >= 4 is 21.7 Å². The standard InChI is InChI=1S/C36H51NO9S/c1-9-25-27(35(39)20-30(44-7)24-18-21(2)36(35,40)32(24)45-8)19-26(34(25,4)5)22(3)46-33(38)23-14-10-11-15-28(23)37-47(41,42)31-17-13-12-16-29(31)43-6/h10-17,21-22,24-27,30,32,37,39-40H,9,18-20H2,1-8H3/t21?,22-,24?,25+,26?,27?,30-,32-,35-,36-/m0/s1. The van der Waals surface area contributed by atoms with Crippen molar-refractivity contribution in [3.8, 4) is 5.75 Å². The number of fused-ring (bicyclic) bond motifs is 2. The number of hydrogen-bond acceptors (Lipinski definition) is 9. The lowest BCUT2D eigenvalue weighted by Gasteiger charge is -2.56. The average Bonchev–Trinajstić information content (AvgIpc) is 3.45. The molecule has 0 saturated heterocycles. The molecule has 0 amide bonds. The molecule has 2 aromatic carbocycles. The van der Waals surface area contributed by atoms with E-state index in [-0.39, 0.29) is 63.0 Å². The minimum atomic E-state index is -4.10. The highest BCUT2D eigenvalue weighted by Gasteiger charge is 2.73. The van der Waals surface area contributed by atoms with Gasteiger partial charge in [0, 0.05) is 32.5 Å². The number of anilines is 1. The zero-order valence-electron chi connectivity index (χ0n) is 28.7. The summed E-state index contributed by atoms with van der Waals surface area (Å²) >= 11 is 0. The number of esters is 1. The largest absolute Gasteiger partial charge is 0.495 e. The molecule has 4 unspecified atom stereocenters. The quantitative estimate of drug-likeness (QED) is 0.272. The summed E-state index contributed by atoms with van der Waals surface area (Å²) in [6, 6.07) is 12.6. The Morgan fingerprint density at radius 3 is 2.32 bits per heavy atom. The first-order valence-corrected chi connectivity index (χ1v) is 18.1. The molecule has 5 rings (SSSR count). The summed E-state index contributed by atoms with van der Waals surface area (Å²) in [4.78, 5) is 13.7. The van der Waals surface area contributed by atoms with Crippen LogP contribution in [-0.2, 0) is 24.2 Å². The molecule has 3 N–H and O–H groups in total. The zero-order chi connectivity index (χ0) is 34.5. The van der Waals surface area contributed by atoms with Crippen molar-refractivity contribution in [1.29, 1.82) is 0 Å². The van der Waals surface area contributed by atoms with Crippen LogP contribution in [-0.4, -0.2) is 75.4 Å². The molecule has 0 heterocycles. The average molecular weight is 674 g/mol. The van der Waals surface area contributed by atoms with Gasteiger partial charge in [0.1, 0.15) is 28.0 Å². The van der Waals surface area contributed by atoms with E-state index in [2.05, 4.69) is 25.5 Å². The van der Waals surface area contributed by atoms with Gasteiger partial charge in [0.05, 0.1) is 30.6 Å². The smallest absolute Gasteiger partial charge is 0.340 e. The van der Waals surface area contributed by atoms with Crippen LogP contribution in [0.2, 0.25) is 0 Å². The van der Waals surface area contributed by atoms with Crippen molar-refractivity contribution in [3.05, 3.63) is 54.1 Å². The number of ether oxygens (including phenoxy) is 4. The lowest BCUT2D eigenvalue weighted by Crippen LogP contribution is -2.71. The Morgan fingerprint density at radius 2 is 1.68 bits per heavy atom. The maximum absolute atomic E-state index is 13.7. The summed E-state index contributed by atoms with van der Waals surface area (Å²) in [5.41, 5.74) is -3.15. The number of rotatable bonds is 11. The van der Waals surface area contributed by atoms with Gasteiger partial charge in [0.2, 0.25) is 0 Å². The van der Waals surface area contributed by atoms with Crippen molar-refractivity contribution < 1.29 is 42.4 Å². The van der Waals surface area contributed by atoms with Gasteiger partial charge in [-0.3, -0.25) is 4.72 Å². The van der Waals surface area contributed by atoms with Crippen LogP contribution in [0.5, 0.6) is 5.75 Å². The third-order valence-corrected chi connectivity index (χ3v) is 13.4. The molecule has 3 saturated carbocycles. The first-order valence-electron chi connectivity index (χ1n) is 16.6. The van der Waals surface area contributed by atoms with Crippen LogP contribution >= 0.6 is 0 Å². The lowest BCUT2D eigenvalue weighted by molar-refractivity contribution is -0.279. The van der Waals surface area contributed by atoms with Crippen LogP contribution < -0.4 is 9.46 Å². The number of methoxy groups -OCH3 is 3. The fourth-order valence-corrected chi connectivity index (χ4v) is 11.0. The van der Waals surface area contributed by atoms with Gasteiger partial charge in [-0.15, -0.1) is 0 Å². The van der Waals surface area contributed by atoms with Gasteiger partial charge in [0.15, 0.2) is 0 Å². The molecule has 3 fully saturated rings. The molecule has 3 aliphatic rings. The second kappa shape index (κ2) is 13.0. The Bertz CT molecular complexity index is 1560. The Labute approximate surface area is 279 Å². The SMILES string of the molecule is CC[C@@H]1C([C@@]2(O)C[C@H](OC)C3CC(C)[C@]2(O)[C@H]3OC)CC([C@H](C)OC(=O)c2ccccc2NS(=O)(=O)c2ccccc2OC)C1(C)C. The highest BCUT2D eigenvalue weighted by atomic mass is 32.2. The number of para-hydroxylation sites is 2. The minimum absolute atomic E-state index is 0.00184. The maximum Gasteiger partial charge on any atom is 0.340 e. The van der Waals surface area contributed by atoms with E-state index in [1.165, 1.54) is 25.3 Å². The molecular weight excluding hydrogens is 622 g/mol. The van der Waals surface area contributed by atoms with Crippen LogP contribution in [0.25, 0.3) is 0 Å². The number of carbonyl (C=O) groups excluding carboxylic acids is 1. The van der Waals surface area contributed by atoms with Crippen LogP contribution in [0.15, 0.2) is 53.4 Å². The lowest BCUT2D eigenvalue weighted by atomic mass is 9.58. The first-order chi connectivity index (χ1) is 22.1. The Hall–Kier alpha value is -2.70. The first kappa shape index (κ1) is 35.6. The van der Waals surface area contributed by atoms with E-state index in [1.807, 2.05) is 13.8 Å². The van der Waals surface area contributed by atoms with Gasteiger partial charge < -0.3 is 29.2 Å². The summed E-state index contributed by atoms with van der Waals surface area (Å²) in [5, 5.41) is 25.2. The van der Waals surface area contributed by atoms with Crippen molar-refractivity contribution in [3.63, 3.8) is 0 Å². The van der Waals surface area contributed by atoms with Crippen LogP contribution in [0, 0.1) is 35.0 Å². The number of aliphatic hydroxyl groups is 2. The van der Waals surface area contributed by atoms with E-state index in [9.17, 15) is 23.4 Å². The second-order valence-corrected chi connectivity index (χ2v) is 16.0. The highest BCUT2D eigenvalue weighted by molar-refractivity contribution is 7.92. The predicted molar refractivity (Wildman–Crippen MR) is 178 cm³/mol. The zero-order valence-corrected chi connectivity index (χ0v) is 29.5. The Balaban J connectivity index is 1.41. The molecule has 0 spiro atoms. The number of hydrogen-bond donors (Lipinski definition) is 3. The number of carbonyl (C=O) groups is 1. The third-order valence-electron chi connectivity index (χ3n) is 12.0. The van der Waals surface area contributed by atoms with Gasteiger partial charge in [-0.2, -0.15) is 0 Å². The molecule has 10 nitrogen and oxygen atoms in total. The van der Waals surface area contributed by atoms with Crippen LogP contribution in [0.3, 0.4) is 0 Å². The number of nitrogens with one attached hydrogen (secondary N) is 1. The normalized spacial score (nSPS) is 35.3. The fourth-order valence-electron chi connectivity index (χ4n) is 9.80. The fraction of sp³-hybridized carbons (Fsp3) is 0.639.